The second kappa shape index (κ2) is 13.0. The van der Waals surface area contributed by atoms with E-state index < -0.39 is 57.2 Å². The Bertz CT molecular complexity index is 1360. The molecule has 250 valence electrons. The largest absolute Gasteiger partial charge is 0.439 e. The molecule has 0 fully saturated rings. The lowest BCUT2D eigenvalue weighted by Gasteiger charge is -2.54. The van der Waals surface area contributed by atoms with Gasteiger partial charge in [0.2, 0.25) is 0 Å². The van der Waals surface area contributed by atoms with Crippen molar-refractivity contribution in [3.8, 4) is 5.75 Å². The topological polar surface area (TPSA) is 55.8 Å². The van der Waals surface area contributed by atoms with E-state index in [9.17, 15) is 31.4 Å². The van der Waals surface area contributed by atoms with Crippen LogP contribution in [0.15, 0.2) is 60.7 Å². The van der Waals surface area contributed by atoms with Crippen molar-refractivity contribution in [3.63, 3.8) is 0 Å². The first-order valence-corrected chi connectivity index (χ1v) is 15.2. The third-order valence-corrected chi connectivity index (χ3v) is 9.50. The third kappa shape index (κ3) is 6.48. The first kappa shape index (κ1) is 36.4. The molecule has 5 nitrogen and oxygen atoms in total. The molecular weight excluding hydrogens is 600 g/mol. The highest BCUT2D eigenvalue weighted by molar-refractivity contribution is 5.86. The van der Waals surface area contributed by atoms with Crippen LogP contribution in [0.5, 0.6) is 5.75 Å². The molecule has 2 aromatic carbocycles. The van der Waals surface area contributed by atoms with Crippen LogP contribution in [0.2, 0.25) is 0 Å². The number of hydroxylamine groups is 3. The number of benzene rings is 2. The van der Waals surface area contributed by atoms with E-state index in [2.05, 4.69) is 4.74 Å². The summed E-state index contributed by atoms with van der Waals surface area (Å²) in [5.41, 5.74) is -4.49. The van der Waals surface area contributed by atoms with Gasteiger partial charge in [0, 0.05) is 18.4 Å². The van der Waals surface area contributed by atoms with E-state index in [4.69, 9.17) is 4.84 Å². The number of carbonyl (C=O) groups excluding carboxylic acids is 1. The molecule has 0 aliphatic heterocycles. The van der Waals surface area contributed by atoms with Gasteiger partial charge in [-0.2, -0.15) is 22.0 Å². The van der Waals surface area contributed by atoms with Gasteiger partial charge < -0.3 is 14.7 Å². The Morgan fingerprint density at radius 2 is 1.51 bits per heavy atom. The smallest absolute Gasteiger partial charge is 0.430 e. The fourth-order valence-electron chi connectivity index (χ4n) is 5.85. The molecule has 1 aliphatic carbocycles. The second-order valence-electron chi connectivity index (χ2n) is 12.9. The van der Waals surface area contributed by atoms with Crippen molar-refractivity contribution in [1.82, 2.24) is 0 Å². The molecule has 4 atom stereocenters. The van der Waals surface area contributed by atoms with Crippen molar-refractivity contribution in [3.05, 3.63) is 71.8 Å². The predicted molar refractivity (Wildman–Crippen MR) is 159 cm³/mol. The minimum Gasteiger partial charge on any atom is -0.430 e. The molecule has 0 heterocycles. The molecule has 11 heteroatoms. The van der Waals surface area contributed by atoms with Crippen molar-refractivity contribution in [2.45, 2.75) is 104 Å². The molecule has 0 spiro atoms. The van der Waals surface area contributed by atoms with Gasteiger partial charge in [-0.25, -0.2) is 9.18 Å². The summed E-state index contributed by atoms with van der Waals surface area (Å²) in [5.74, 6) is -1.20. The average molecular weight is 645 g/mol. The molecule has 3 rings (SSSR count). The molecule has 0 aromatic heterocycles. The number of carbonyl (C=O) groups is 1. The number of aliphatic hydroxyl groups excluding tert-OH is 1. The second-order valence-corrected chi connectivity index (χ2v) is 12.9. The van der Waals surface area contributed by atoms with Crippen molar-refractivity contribution in [2.75, 3.05) is 6.54 Å². The van der Waals surface area contributed by atoms with Crippen LogP contribution in [0, 0.1) is 10.8 Å². The number of para-hydroxylation sites is 1. The normalized spacial score (nSPS) is 21.3. The van der Waals surface area contributed by atoms with E-state index >= 15 is 4.79 Å². The summed E-state index contributed by atoms with van der Waals surface area (Å²) in [6, 6.07) is 14.2. The Kier molecular flexibility index (Phi) is 10.5. The number of ether oxygens (including phenoxy) is 1. The molecule has 0 saturated heterocycles. The molecule has 1 aliphatic rings. The molecule has 2 aromatic rings. The van der Waals surface area contributed by atoms with Gasteiger partial charge in [-0.3, -0.25) is 0 Å². The van der Waals surface area contributed by atoms with Crippen LogP contribution in [-0.4, -0.2) is 46.2 Å². The number of aliphatic hydroxyl groups is 1. The van der Waals surface area contributed by atoms with E-state index in [1.54, 1.807) is 51.1 Å². The summed E-state index contributed by atoms with van der Waals surface area (Å²) in [5, 5.41) is 12.2. The summed E-state index contributed by atoms with van der Waals surface area (Å²) in [7, 11) is 0. The molecule has 0 radical (unpaired) electrons. The predicted octanol–water partition coefficient (Wildman–Crippen LogP) is 9.33. The van der Waals surface area contributed by atoms with Crippen LogP contribution in [0.3, 0.4) is 0 Å². The van der Waals surface area contributed by atoms with Crippen molar-refractivity contribution in [2.24, 2.45) is 10.8 Å². The number of amides is 1. The van der Waals surface area contributed by atoms with Gasteiger partial charge >= 0.3 is 18.2 Å². The van der Waals surface area contributed by atoms with Gasteiger partial charge in [-0.15, -0.1) is 0 Å². The van der Waals surface area contributed by atoms with Crippen LogP contribution >= 0.6 is 0 Å². The van der Waals surface area contributed by atoms with E-state index in [-0.39, 0.29) is 24.1 Å². The van der Waals surface area contributed by atoms with Gasteiger partial charge in [0.15, 0.2) is 5.75 Å². The van der Waals surface area contributed by atoms with Gasteiger partial charge in [0.1, 0.15) is 29.4 Å². The Labute approximate surface area is 261 Å². The number of quaternary nitrogens is 1. The molecule has 1 N–H and O–H groups in total. The summed E-state index contributed by atoms with van der Waals surface area (Å²) >= 11 is 0. The van der Waals surface area contributed by atoms with Crippen LogP contribution in [-0.2, 0) is 9.53 Å². The highest BCUT2D eigenvalue weighted by Crippen LogP contribution is 2.59. The molecule has 0 bridgehead atoms. The van der Waals surface area contributed by atoms with E-state index in [1.807, 2.05) is 27.7 Å². The number of hydrogen-bond acceptors (Lipinski definition) is 4. The molecule has 1 amide bonds. The summed E-state index contributed by atoms with van der Waals surface area (Å²) < 4.78 is 87.4. The SMILES string of the molecule is CCCC[N+](Oc1ccccc1)(C(=O)C1(C(C)(C)CC)C=C(OC(F)(F)C(F)C(F)(F)F)c2ccccc2C1O)C(C)(C)CC. The Hall–Kier alpha value is -3.05. The number of fused-ring (bicyclic) bond motifs is 1. The van der Waals surface area contributed by atoms with Crippen LogP contribution in [0.1, 0.15) is 91.4 Å². The quantitative estimate of drug-likeness (QED) is 0.134. The lowest BCUT2D eigenvalue weighted by Crippen LogP contribution is -2.72. The zero-order valence-corrected chi connectivity index (χ0v) is 26.9. The van der Waals surface area contributed by atoms with Crippen LogP contribution in [0.4, 0.5) is 26.3 Å². The standard InChI is InChI=1S/C34H44F6NO4/c1-8-11-21-41(31(6,7)10-3,45-23-17-13-12-14-18-23)29(43)32(30(4,5)9-2)22-26(24-19-15-16-20-25(24)27(32)42)44-34(39,40)28(35)33(36,37)38/h12-20,22,27-28,42H,8-11,21H2,1-7H3/q+1. The highest BCUT2D eigenvalue weighted by Gasteiger charge is 2.69. The van der Waals surface area contributed by atoms with Crippen LogP contribution < -0.4 is 4.84 Å². The maximum absolute atomic E-state index is 15.6. The monoisotopic (exact) mass is 644 g/mol. The van der Waals surface area contributed by atoms with Crippen LogP contribution in [0.25, 0.3) is 5.76 Å². The fraction of sp³-hybridized carbons (Fsp3) is 0.559. The van der Waals surface area contributed by atoms with Crippen molar-refractivity contribution < 1.29 is 50.5 Å². The average Bonchev–Trinajstić information content (AvgIpc) is 2.99. The molecular formula is C34H44F6NO4+. The molecule has 45 heavy (non-hydrogen) atoms. The zero-order chi connectivity index (χ0) is 34.1. The molecule has 4 unspecified atom stereocenters. The lowest BCUT2D eigenvalue weighted by atomic mass is 9.56. The minimum atomic E-state index is -5.92. The van der Waals surface area contributed by atoms with Gasteiger partial charge in [0.25, 0.3) is 6.17 Å². The number of nitrogens with zero attached hydrogens (tertiary/aromatic N) is 1. The van der Waals surface area contributed by atoms with Gasteiger partial charge in [-0.1, -0.05) is 88.2 Å². The van der Waals surface area contributed by atoms with Gasteiger partial charge in [-0.05, 0) is 49.5 Å². The van der Waals surface area contributed by atoms with E-state index in [0.29, 0.717) is 25.0 Å². The van der Waals surface area contributed by atoms with Crippen molar-refractivity contribution >= 4 is 11.7 Å². The minimum absolute atomic E-state index is 0.0225. The Balaban J connectivity index is 2.45. The summed E-state index contributed by atoms with van der Waals surface area (Å²) in [6.07, 6.45) is -14.8. The first-order chi connectivity index (χ1) is 20.8. The summed E-state index contributed by atoms with van der Waals surface area (Å²) in [4.78, 5) is 22.3. The number of unbranched alkanes of at least 4 members (excludes halogenated alkanes) is 1. The maximum atomic E-state index is 15.6. The fourth-order valence-corrected chi connectivity index (χ4v) is 5.85. The van der Waals surface area contributed by atoms with Crippen molar-refractivity contribution in [1.29, 1.82) is 0 Å². The lowest BCUT2D eigenvalue weighted by molar-refractivity contribution is -1.05. The Morgan fingerprint density at radius 3 is 2.04 bits per heavy atom. The number of halogens is 6. The first-order valence-electron chi connectivity index (χ1n) is 15.2. The Morgan fingerprint density at radius 1 is 0.933 bits per heavy atom. The maximum Gasteiger partial charge on any atom is 0.439 e. The number of rotatable bonds is 13. The zero-order valence-electron chi connectivity index (χ0n) is 26.9. The number of hydrogen-bond donors (Lipinski definition) is 1. The van der Waals surface area contributed by atoms with E-state index in [0.717, 1.165) is 6.08 Å². The number of alkyl halides is 6. The third-order valence-electron chi connectivity index (χ3n) is 9.50. The highest BCUT2D eigenvalue weighted by atomic mass is 19.4. The van der Waals surface area contributed by atoms with E-state index in [1.165, 1.54) is 24.3 Å². The molecule has 0 saturated carbocycles. The van der Waals surface area contributed by atoms with Gasteiger partial charge in [0.05, 0.1) is 0 Å². The summed E-state index contributed by atoms with van der Waals surface area (Å²) in [6.45, 7) is 12.7.